The minimum atomic E-state index is -0.433. The fraction of sp³-hybridized carbons (Fsp3) is 0.364. The Morgan fingerprint density at radius 1 is 1.09 bits per heavy atom. The topological polar surface area (TPSA) is 84.5 Å². The van der Waals surface area contributed by atoms with Crippen LogP contribution < -0.4 is 10.2 Å². The molecule has 2 fully saturated rings. The molecule has 7 nitrogen and oxygen atoms in total. The highest BCUT2D eigenvalue weighted by molar-refractivity contribution is 6.33. The van der Waals surface area contributed by atoms with E-state index in [2.05, 4.69) is 20.2 Å². The number of carbonyl (C=O) groups is 1. The molecule has 170 valence electrons. The molecular formula is C22H24Cl3N5O2. The highest BCUT2D eigenvalue weighted by Gasteiger charge is 2.32. The van der Waals surface area contributed by atoms with Gasteiger partial charge in [-0.15, -0.1) is 12.4 Å². The number of carbonyl (C=O) groups excluding carboxylic acids is 1. The molecule has 1 aromatic heterocycles. The summed E-state index contributed by atoms with van der Waals surface area (Å²) in [6.07, 6.45) is 0.0551. The molecule has 0 unspecified atom stereocenters. The number of aliphatic hydroxyl groups excluding tert-OH is 1. The molecule has 0 radical (unpaired) electrons. The first-order valence-electron chi connectivity index (χ1n) is 10.4. The number of H-pyrrole nitrogens is 1. The van der Waals surface area contributed by atoms with Crippen molar-refractivity contribution in [3.05, 3.63) is 46.4 Å². The number of benzene rings is 2. The Morgan fingerprint density at radius 2 is 1.88 bits per heavy atom. The van der Waals surface area contributed by atoms with Crippen LogP contribution in [0.5, 0.6) is 0 Å². The van der Waals surface area contributed by atoms with E-state index in [-0.39, 0.29) is 24.4 Å². The van der Waals surface area contributed by atoms with Gasteiger partial charge in [0.15, 0.2) is 0 Å². The Morgan fingerprint density at radius 3 is 2.59 bits per heavy atom. The number of aliphatic hydroxyl groups is 1. The number of aromatic amines is 1. The van der Waals surface area contributed by atoms with E-state index >= 15 is 0 Å². The Bertz CT molecular complexity index is 1130. The molecule has 0 spiro atoms. The van der Waals surface area contributed by atoms with E-state index in [1.807, 2.05) is 41.3 Å². The van der Waals surface area contributed by atoms with Crippen LogP contribution in [0, 0.1) is 0 Å². The third-order valence-electron chi connectivity index (χ3n) is 6.01. The Hall–Kier alpha value is -2.03. The second-order valence-corrected chi connectivity index (χ2v) is 8.92. The molecule has 2 aliphatic heterocycles. The molecule has 2 saturated heterocycles. The number of piperazine rings is 1. The van der Waals surface area contributed by atoms with Crippen LogP contribution in [0.2, 0.25) is 10.0 Å². The number of nitrogens with one attached hydrogen (secondary N) is 2. The van der Waals surface area contributed by atoms with Gasteiger partial charge >= 0.3 is 0 Å². The molecule has 32 heavy (non-hydrogen) atoms. The van der Waals surface area contributed by atoms with Crippen molar-refractivity contribution in [3.63, 3.8) is 0 Å². The minimum Gasteiger partial charge on any atom is -0.392 e. The zero-order chi connectivity index (χ0) is 21.5. The van der Waals surface area contributed by atoms with Gasteiger partial charge in [0.25, 0.3) is 0 Å². The number of β-amino-alcohol motifs (C(OH)–C–C–N with tert-alkyl or cyclic N) is 1. The molecule has 0 bridgehead atoms. The van der Waals surface area contributed by atoms with E-state index in [4.69, 9.17) is 23.2 Å². The molecule has 2 aliphatic rings. The van der Waals surface area contributed by atoms with E-state index < -0.39 is 6.10 Å². The van der Waals surface area contributed by atoms with E-state index in [9.17, 15) is 9.90 Å². The van der Waals surface area contributed by atoms with Gasteiger partial charge < -0.3 is 25.2 Å². The largest absolute Gasteiger partial charge is 0.392 e. The average molecular weight is 497 g/mol. The normalized spacial score (nSPS) is 21.1. The summed E-state index contributed by atoms with van der Waals surface area (Å²) in [6, 6.07) is 11.2. The average Bonchev–Trinajstić information content (AvgIpc) is 3.39. The predicted octanol–water partition coefficient (Wildman–Crippen LogP) is 3.33. The van der Waals surface area contributed by atoms with Gasteiger partial charge in [-0.1, -0.05) is 23.2 Å². The zero-order valence-electron chi connectivity index (χ0n) is 17.2. The highest BCUT2D eigenvalue weighted by Crippen LogP contribution is 2.32. The first-order valence-corrected chi connectivity index (χ1v) is 11.1. The number of fused-ring (bicyclic) bond motifs is 1. The molecular weight excluding hydrogens is 473 g/mol. The summed E-state index contributed by atoms with van der Waals surface area (Å²) in [5, 5.41) is 14.0. The third kappa shape index (κ3) is 4.54. The number of hydrogen-bond acceptors (Lipinski definition) is 5. The van der Waals surface area contributed by atoms with Crippen molar-refractivity contribution < 1.29 is 9.90 Å². The van der Waals surface area contributed by atoms with Crippen molar-refractivity contribution in [2.75, 3.05) is 37.6 Å². The molecule has 3 aromatic rings. The SMILES string of the molecule is Cl.O=C([C@@H]1C[C@@H](O)CN1)N1CCN(c2ccc(Cl)c(-c3nc4ccc(Cl)cc4[nH]3)c2)CC1. The first kappa shape index (κ1) is 23.1. The lowest BCUT2D eigenvalue weighted by Gasteiger charge is -2.37. The van der Waals surface area contributed by atoms with Crippen LogP contribution in [-0.4, -0.2) is 70.8 Å². The van der Waals surface area contributed by atoms with Crippen molar-refractivity contribution in [1.29, 1.82) is 0 Å². The fourth-order valence-electron chi connectivity index (χ4n) is 4.31. The van der Waals surface area contributed by atoms with Crippen molar-refractivity contribution >= 4 is 58.2 Å². The molecule has 3 heterocycles. The standard InChI is InChI=1S/C22H23Cl2N5O2.ClH/c23-13-1-4-18-19(9-13)27-21(26-18)16-10-14(2-3-17(16)24)28-5-7-29(8-6-28)22(31)20-11-15(30)12-25-20;/h1-4,9-10,15,20,25,30H,5-8,11-12H2,(H,26,27);1H/t15-,20+;/m1./s1. The highest BCUT2D eigenvalue weighted by atomic mass is 35.5. The van der Waals surface area contributed by atoms with Gasteiger partial charge in [0.05, 0.1) is 28.2 Å². The summed E-state index contributed by atoms with van der Waals surface area (Å²) in [6.45, 7) is 3.25. The minimum absolute atomic E-state index is 0. The monoisotopic (exact) mass is 495 g/mol. The summed E-state index contributed by atoms with van der Waals surface area (Å²) in [7, 11) is 0. The maximum absolute atomic E-state index is 12.7. The van der Waals surface area contributed by atoms with Gasteiger partial charge in [0.2, 0.25) is 5.91 Å². The Balaban J connectivity index is 0.00000245. The van der Waals surface area contributed by atoms with Crippen LogP contribution in [0.25, 0.3) is 22.4 Å². The molecule has 2 aromatic carbocycles. The number of halogens is 3. The molecule has 2 atom stereocenters. The molecule has 0 saturated carbocycles. The molecule has 5 rings (SSSR count). The lowest BCUT2D eigenvalue weighted by molar-refractivity contribution is -0.133. The number of rotatable bonds is 3. The van der Waals surface area contributed by atoms with Crippen LogP contribution in [0.15, 0.2) is 36.4 Å². The number of hydrogen-bond donors (Lipinski definition) is 3. The van der Waals surface area contributed by atoms with Crippen molar-refractivity contribution in [3.8, 4) is 11.4 Å². The van der Waals surface area contributed by atoms with Gasteiger partial charge in [-0.25, -0.2) is 4.98 Å². The van der Waals surface area contributed by atoms with Crippen LogP contribution >= 0.6 is 35.6 Å². The maximum Gasteiger partial charge on any atom is 0.239 e. The quantitative estimate of drug-likeness (QED) is 0.518. The number of nitrogens with zero attached hydrogens (tertiary/aromatic N) is 3. The number of imidazole rings is 1. The number of aromatic nitrogens is 2. The second kappa shape index (κ2) is 9.45. The van der Waals surface area contributed by atoms with Gasteiger partial charge in [0.1, 0.15) is 5.82 Å². The summed E-state index contributed by atoms with van der Waals surface area (Å²) in [5.74, 6) is 0.776. The van der Waals surface area contributed by atoms with E-state index in [0.29, 0.717) is 41.9 Å². The molecule has 3 N–H and O–H groups in total. The molecule has 0 aliphatic carbocycles. The summed E-state index contributed by atoms with van der Waals surface area (Å²) < 4.78 is 0. The van der Waals surface area contributed by atoms with Crippen molar-refractivity contribution in [1.82, 2.24) is 20.2 Å². The van der Waals surface area contributed by atoms with E-state index in [1.165, 1.54) is 0 Å². The molecule has 10 heteroatoms. The van der Waals surface area contributed by atoms with Gasteiger partial charge in [-0.3, -0.25) is 4.79 Å². The first-order chi connectivity index (χ1) is 15.0. The third-order valence-corrected chi connectivity index (χ3v) is 6.58. The Labute approximate surface area is 202 Å². The van der Waals surface area contributed by atoms with Crippen LogP contribution in [0.1, 0.15) is 6.42 Å². The summed E-state index contributed by atoms with van der Waals surface area (Å²) >= 11 is 12.6. The number of anilines is 1. The van der Waals surface area contributed by atoms with Crippen molar-refractivity contribution in [2.24, 2.45) is 0 Å². The van der Waals surface area contributed by atoms with Crippen LogP contribution in [-0.2, 0) is 4.79 Å². The van der Waals surface area contributed by atoms with Gasteiger partial charge in [-0.2, -0.15) is 0 Å². The second-order valence-electron chi connectivity index (χ2n) is 8.07. The fourth-order valence-corrected chi connectivity index (χ4v) is 4.69. The zero-order valence-corrected chi connectivity index (χ0v) is 19.6. The molecule has 1 amide bonds. The van der Waals surface area contributed by atoms with Gasteiger partial charge in [-0.05, 0) is 42.8 Å². The maximum atomic E-state index is 12.7. The van der Waals surface area contributed by atoms with Crippen molar-refractivity contribution in [2.45, 2.75) is 18.6 Å². The number of amides is 1. The lowest BCUT2D eigenvalue weighted by Crippen LogP contribution is -2.53. The lowest BCUT2D eigenvalue weighted by atomic mass is 10.1. The van der Waals surface area contributed by atoms with Crippen LogP contribution in [0.3, 0.4) is 0 Å². The summed E-state index contributed by atoms with van der Waals surface area (Å²) in [5.41, 5.74) is 3.56. The van der Waals surface area contributed by atoms with Gasteiger partial charge in [0, 0.05) is 49.0 Å². The predicted molar refractivity (Wildman–Crippen MR) is 130 cm³/mol. The smallest absolute Gasteiger partial charge is 0.239 e. The Kier molecular flexibility index (Phi) is 6.83. The van der Waals surface area contributed by atoms with E-state index in [1.54, 1.807) is 0 Å². The van der Waals surface area contributed by atoms with Crippen LogP contribution in [0.4, 0.5) is 5.69 Å². The summed E-state index contributed by atoms with van der Waals surface area (Å²) in [4.78, 5) is 24.8. The van der Waals surface area contributed by atoms with E-state index in [0.717, 1.165) is 35.4 Å².